The summed E-state index contributed by atoms with van der Waals surface area (Å²) in [4.78, 5) is 15.8. The minimum absolute atomic E-state index is 0.526. The van der Waals surface area contributed by atoms with Gasteiger partial charge in [-0.1, -0.05) is 109 Å². The van der Waals surface area contributed by atoms with Crippen LogP contribution in [0, 0.1) is 0 Å². The van der Waals surface area contributed by atoms with Gasteiger partial charge in [-0.15, -0.1) is 0 Å². The minimum atomic E-state index is 0.526. The summed E-state index contributed by atoms with van der Waals surface area (Å²) in [6.45, 7) is 0. The second-order valence-electron chi connectivity index (χ2n) is 14.8. The topological polar surface area (TPSA) is 74.8 Å². The van der Waals surface area contributed by atoms with Gasteiger partial charge in [-0.05, 0) is 66.7 Å². The summed E-state index contributed by atoms with van der Waals surface area (Å²) in [5.74, 6) is 1.61. The van der Waals surface area contributed by atoms with Crippen LogP contribution in [0.4, 0.5) is 0 Å². The molecule has 0 bridgehead atoms. The second-order valence-corrected chi connectivity index (χ2v) is 14.8. The third kappa shape index (κ3) is 4.41. The molecule has 5 heterocycles. The van der Waals surface area contributed by atoms with Gasteiger partial charge < -0.3 is 13.4 Å². The Labute approximate surface area is 329 Å². The van der Waals surface area contributed by atoms with Crippen molar-refractivity contribution in [2.75, 3.05) is 0 Å². The molecule has 5 aromatic heterocycles. The number of hydrogen-bond acceptors (Lipinski definition) is 5. The summed E-state index contributed by atoms with van der Waals surface area (Å²) >= 11 is 0. The van der Waals surface area contributed by atoms with E-state index >= 15 is 0 Å². The smallest absolute Gasteiger partial charge is 0.238 e. The van der Waals surface area contributed by atoms with Crippen molar-refractivity contribution in [1.82, 2.24) is 24.1 Å². The number of para-hydroxylation sites is 5. The van der Waals surface area contributed by atoms with E-state index in [4.69, 9.17) is 23.8 Å². The lowest BCUT2D eigenvalue weighted by atomic mass is 10.0. The predicted molar refractivity (Wildman–Crippen MR) is 234 cm³/mol. The molecular formula is C51H29N5O2. The molecule has 0 saturated carbocycles. The molecule has 0 atom stereocenters. The number of furan rings is 2. The van der Waals surface area contributed by atoms with Gasteiger partial charge in [0.05, 0.1) is 22.1 Å². The van der Waals surface area contributed by atoms with Gasteiger partial charge in [-0.3, -0.25) is 4.57 Å². The molecule has 270 valence electrons. The van der Waals surface area contributed by atoms with E-state index in [0.717, 1.165) is 93.5 Å². The Kier molecular flexibility index (Phi) is 6.32. The first-order valence-electron chi connectivity index (χ1n) is 19.4. The van der Waals surface area contributed by atoms with Gasteiger partial charge in [0.2, 0.25) is 5.95 Å². The molecule has 0 fully saturated rings. The average Bonchev–Trinajstić information content (AvgIpc) is 4.03. The number of aromatic nitrogens is 5. The first-order chi connectivity index (χ1) is 28.7. The highest BCUT2D eigenvalue weighted by atomic mass is 16.3. The number of rotatable bonds is 4. The number of benzene rings is 8. The minimum Gasteiger partial charge on any atom is -0.456 e. The Morgan fingerprint density at radius 2 is 0.879 bits per heavy atom. The Bertz CT molecular complexity index is 3720. The molecule has 13 aromatic rings. The van der Waals surface area contributed by atoms with Crippen LogP contribution in [0.2, 0.25) is 0 Å². The first-order valence-corrected chi connectivity index (χ1v) is 19.4. The van der Waals surface area contributed by atoms with Gasteiger partial charge in [0, 0.05) is 59.9 Å². The quantitative estimate of drug-likeness (QED) is 0.179. The van der Waals surface area contributed by atoms with Crippen molar-refractivity contribution in [3.63, 3.8) is 0 Å². The van der Waals surface area contributed by atoms with Gasteiger partial charge >= 0.3 is 0 Å². The summed E-state index contributed by atoms with van der Waals surface area (Å²) in [5, 5.41) is 8.73. The fourth-order valence-corrected chi connectivity index (χ4v) is 9.06. The SMILES string of the molecule is c1ccc2c(c1)oc1cc(-c3nc(-c4cccc5oc6ccc(-n7c8ccccc8c8ccccc87)cc6c45)nc(-n4c5ccccc5c5ccccc54)n3)ccc12. The maximum atomic E-state index is 6.57. The van der Waals surface area contributed by atoms with Crippen molar-refractivity contribution in [3.05, 3.63) is 176 Å². The van der Waals surface area contributed by atoms with Crippen LogP contribution in [0.5, 0.6) is 0 Å². The van der Waals surface area contributed by atoms with Crippen LogP contribution in [0.15, 0.2) is 185 Å². The lowest BCUT2D eigenvalue weighted by Gasteiger charge is -2.11. The normalized spacial score (nSPS) is 12.1. The summed E-state index contributed by atoms with van der Waals surface area (Å²) in [7, 11) is 0. The van der Waals surface area contributed by atoms with Crippen LogP contribution in [-0.2, 0) is 0 Å². The van der Waals surface area contributed by atoms with Crippen LogP contribution in [-0.4, -0.2) is 24.1 Å². The molecule has 58 heavy (non-hydrogen) atoms. The lowest BCUT2D eigenvalue weighted by Crippen LogP contribution is -2.06. The lowest BCUT2D eigenvalue weighted by molar-refractivity contribution is 0.668. The van der Waals surface area contributed by atoms with Crippen molar-refractivity contribution in [1.29, 1.82) is 0 Å². The first kappa shape index (κ1) is 31.2. The highest BCUT2D eigenvalue weighted by molar-refractivity contribution is 6.14. The zero-order valence-corrected chi connectivity index (χ0v) is 30.8. The Morgan fingerprint density at radius 3 is 1.57 bits per heavy atom. The standard InChI is InChI=1S/C51H29N5O2/c1-6-18-40-32(12-1)33-13-2-7-19-41(33)55(40)31-25-27-45-39(29-31)48-38(17-11-23-46(48)57-45)50-52-49(30-24-26-37-36-16-5-10-22-44(36)58-47(37)28-30)53-51(54-50)56-42-20-8-3-14-34(42)35-15-4-9-21-43(35)56/h1-29H. The van der Waals surface area contributed by atoms with Crippen LogP contribution < -0.4 is 0 Å². The number of nitrogens with zero attached hydrogens (tertiary/aromatic N) is 5. The van der Waals surface area contributed by atoms with E-state index in [2.05, 4.69) is 149 Å². The number of fused-ring (bicyclic) bond motifs is 12. The van der Waals surface area contributed by atoms with E-state index < -0.39 is 0 Å². The molecule has 0 radical (unpaired) electrons. The monoisotopic (exact) mass is 743 g/mol. The molecule has 7 nitrogen and oxygen atoms in total. The molecule has 0 aliphatic heterocycles. The Morgan fingerprint density at radius 1 is 0.345 bits per heavy atom. The Hall–Kier alpha value is -8.03. The van der Waals surface area contributed by atoms with E-state index in [1.807, 2.05) is 36.4 Å². The molecule has 0 spiro atoms. The van der Waals surface area contributed by atoms with Gasteiger partial charge in [-0.25, -0.2) is 4.98 Å². The number of hydrogen-bond donors (Lipinski definition) is 0. The van der Waals surface area contributed by atoms with E-state index in [1.54, 1.807) is 0 Å². The highest BCUT2D eigenvalue weighted by Gasteiger charge is 2.22. The fraction of sp³-hybridized carbons (Fsp3) is 0. The summed E-state index contributed by atoms with van der Waals surface area (Å²) in [5.41, 5.74) is 10.2. The van der Waals surface area contributed by atoms with Crippen molar-refractivity contribution < 1.29 is 8.83 Å². The van der Waals surface area contributed by atoms with E-state index in [0.29, 0.717) is 17.6 Å². The zero-order valence-electron chi connectivity index (χ0n) is 30.8. The second kappa shape index (κ2) is 11.7. The molecule has 0 N–H and O–H groups in total. The molecule has 13 rings (SSSR count). The highest BCUT2D eigenvalue weighted by Crippen LogP contribution is 2.40. The van der Waals surface area contributed by atoms with Crippen LogP contribution >= 0.6 is 0 Å². The van der Waals surface area contributed by atoms with E-state index in [-0.39, 0.29) is 0 Å². The largest absolute Gasteiger partial charge is 0.456 e. The van der Waals surface area contributed by atoms with Crippen molar-refractivity contribution in [2.45, 2.75) is 0 Å². The van der Waals surface area contributed by atoms with Crippen LogP contribution in [0.1, 0.15) is 0 Å². The summed E-state index contributed by atoms with van der Waals surface area (Å²) < 4.78 is 17.4. The van der Waals surface area contributed by atoms with Gasteiger partial charge in [-0.2, -0.15) is 9.97 Å². The van der Waals surface area contributed by atoms with Crippen molar-refractivity contribution in [3.8, 4) is 34.4 Å². The van der Waals surface area contributed by atoms with Gasteiger partial charge in [0.1, 0.15) is 22.3 Å². The molecule has 0 aliphatic carbocycles. The maximum Gasteiger partial charge on any atom is 0.238 e. The van der Waals surface area contributed by atoms with Crippen LogP contribution in [0.25, 0.3) is 122 Å². The van der Waals surface area contributed by atoms with E-state index in [1.165, 1.54) is 10.8 Å². The molecule has 7 heteroatoms. The van der Waals surface area contributed by atoms with Gasteiger partial charge in [0.25, 0.3) is 0 Å². The molecule has 0 aliphatic rings. The maximum absolute atomic E-state index is 6.57. The van der Waals surface area contributed by atoms with Gasteiger partial charge in [0.15, 0.2) is 11.6 Å². The molecule has 0 saturated heterocycles. The fourth-order valence-electron chi connectivity index (χ4n) is 9.06. The molecule has 0 amide bonds. The predicted octanol–water partition coefficient (Wildman–Crippen LogP) is 13.2. The molecule has 0 unspecified atom stereocenters. The molecule has 8 aromatic carbocycles. The zero-order chi connectivity index (χ0) is 37.9. The van der Waals surface area contributed by atoms with Crippen LogP contribution in [0.3, 0.4) is 0 Å². The summed E-state index contributed by atoms with van der Waals surface area (Å²) in [6.07, 6.45) is 0. The summed E-state index contributed by atoms with van der Waals surface area (Å²) in [6, 6.07) is 60.9. The Balaban J connectivity index is 1.08. The average molecular weight is 744 g/mol. The third-order valence-electron chi connectivity index (χ3n) is 11.6. The van der Waals surface area contributed by atoms with E-state index in [9.17, 15) is 0 Å². The van der Waals surface area contributed by atoms with Crippen molar-refractivity contribution in [2.24, 2.45) is 0 Å². The molecular weight excluding hydrogens is 715 g/mol. The third-order valence-corrected chi connectivity index (χ3v) is 11.6. The van der Waals surface area contributed by atoms with Crippen molar-refractivity contribution >= 4 is 87.5 Å².